The molecule has 1 aliphatic carbocycles. The van der Waals surface area contributed by atoms with Crippen LogP contribution in [0, 0.1) is 5.92 Å². The standard InChI is InChI=1S/C29H29N7O6/c1-17(2)22(23(38)25-34-35-27(42-25)29(12-13-29)20-11-7-8-14-30-20)32-21(37)16-36-19(18-9-5-4-6-10-18)15-31-24(26(36)39)33-28(40)41-3/h4-11,14-15,17,22H,12-13,16H2,1-3H3,(H,32,37)(H,31,33,40)/t22-/m0/s1. The molecule has 0 radical (unpaired) electrons. The molecule has 0 saturated heterocycles. The zero-order chi connectivity index (χ0) is 29.9. The van der Waals surface area contributed by atoms with Gasteiger partial charge in [-0.05, 0) is 36.5 Å². The van der Waals surface area contributed by atoms with Crippen LogP contribution in [0.15, 0.2) is 70.1 Å². The summed E-state index contributed by atoms with van der Waals surface area (Å²) in [6.07, 6.45) is 3.70. The number of rotatable bonds is 10. The molecule has 216 valence electrons. The van der Waals surface area contributed by atoms with E-state index in [9.17, 15) is 19.2 Å². The molecular weight excluding hydrogens is 542 g/mol. The van der Waals surface area contributed by atoms with Crippen LogP contribution < -0.4 is 16.2 Å². The van der Waals surface area contributed by atoms with Gasteiger partial charge in [0.1, 0.15) is 6.54 Å². The number of amides is 2. The van der Waals surface area contributed by atoms with Crippen LogP contribution in [-0.2, 0) is 21.5 Å². The average molecular weight is 572 g/mol. The van der Waals surface area contributed by atoms with Crippen LogP contribution in [0.5, 0.6) is 0 Å². The number of carbonyl (C=O) groups is 3. The van der Waals surface area contributed by atoms with E-state index in [-0.39, 0.29) is 17.6 Å². The van der Waals surface area contributed by atoms with Crippen molar-refractivity contribution in [3.05, 3.63) is 88.8 Å². The van der Waals surface area contributed by atoms with Gasteiger partial charge in [-0.25, -0.2) is 9.78 Å². The highest BCUT2D eigenvalue weighted by atomic mass is 16.5. The predicted octanol–water partition coefficient (Wildman–Crippen LogP) is 2.97. The van der Waals surface area contributed by atoms with Crippen LogP contribution in [0.4, 0.5) is 10.6 Å². The van der Waals surface area contributed by atoms with Gasteiger partial charge in [0.05, 0.1) is 36.2 Å². The molecule has 13 nitrogen and oxygen atoms in total. The Hall–Kier alpha value is -5.20. The fourth-order valence-electron chi connectivity index (χ4n) is 4.61. The SMILES string of the molecule is COC(=O)Nc1ncc(-c2ccccc2)n(CC(=O)N[C@H](C(=O)c2nnc(C3(c4ccccn4)CC3)o2)C(C)C)c1=O. The van der Waals surface area contributed by atoms with Crippen molar-refractivity contribution in [3.8, 4) is 11.3 Å². The molecule has 1 fully saturated rings. The number of aromatic nitrogens is 5. The highest BCUT2D eigenvalue weighted by molar-refractivity contribution is 5.98. The van der Waals surface area contributed by atoms with Crippen LogP contribution >= 0.6 is 0 Å². The van der Waals surface area contributed by atoms with Crippen molar-refractivity contribution in [2.45, 2.75) is 44.7 Å². The van der Waals surface area contributed by atoms with Crippen LogP contribution in [-0.4, -0.2) is 55.7 Å². The number of benzene rings is 1. The van der Waals surface area contributed by atoms with Crippen molar-refractivity contribution in [3.63, 3.8) is 0 Å². The lowest BCUT2D eigenvalue weighted by Crippen LogP contribution is -2.46. The summed E-state index contributed by atoms with van der Waals surface area (Å²) in [6, 6.07) is 13.4. The van der Waals surface area contributed by atoms with Crippen molar-refractivity contribution in [1.82, 2.24) is 30.0 Å². The number of ketones is 1. The molecule has 5 rings (SSSR count). The Balaban J connectivity index is 1.38. The van der Waals surface area contributed by atoms with Gasteiger partial charge in [0.15, 0.2) is 0 Å². The van der Waals surface area contributed by atoms with Crippen molar-refractivity contribution >= 4 is 23.6 Å². The number of methoxy groups -OCH3 is 1. The number of anilines is 1. The van der Waals surface area contributed by atoms with Crippen molar-refractivity contribution in [1.29, 1.82) is 0 Å². The first-order valence-electron chi connectivity index (χ1n) is 13.3. The largest absolute Gasteiger partial charge is 0.453 e. The van der Waals surface area contributed by atoms with Gasteiger partial charge >= 0.3 is 6.09 Å². The Morgan fingerprint density at radius 1 is 1.05 bits per heavy atom. The normalized spacial score (nSPS) is 14.2. The molecule has 13 heteroatoms. The Morgan fingerprint density at radius 3 is 2.43 bits per heavy atom. The van der Waals surface area contributed by atoms with E-state index in [0.29, 0.717) is 17.1 Å². The first kappa shape index (κ1) is 28.3. The summed E-state index contributed by atoms with van der Waals surface area (Å²) in [5.74, 6) is -1.75. The second kappa shape index (κ2) is 11.7. The van der Waals surface area contributed by atoms with Crippen LogP contribution in [0.1, 0.15) is 49.0 Å². The molecule has 42 heavy (non-hydrogen) atoms. The molecule has 2 amide bonds. The first-order chi connectivity index (χ1) is 20.2. The molecular formula is C29H29N7O6. The summed E-state index contributed by atoms with van der Waals surface area (Å²) in [4.78, 5) is 60.3. The number of Topliss-reactive ketones (excluding diaryl/α,β-unsaturated/α-hetero) is 1. The zero-order valence-electron chi connectivity index (χ0n) is 23.2. The molecule has 2 N–H and O–H groups in total. The zero-order valence-corrected chi connectivity index (χ0v) is 23.2. The van der Waals surface area contributed by atoms with Gasteiger partial charge in [-0.3, -0.25) is 29.3 Å². The summed E-state index contributed by atoms with van der Waals surface area (Å²) < 4.78 is 11.6. The molecule has 3 heterocycles. The van der Waals surface area contributed by atoms with E-state index in [4.69, 9.17) is 4.42 Å². The van der Waals surface area contributed by atoms with Crippen LogP contribution in [0.2, 0.25) is 0 Å². The lowest BCUT2D eigenvalue weighted by atomic mass is 9.99. The van der Waals surface area contributed by atoms with E-state index in [1.807, 2.05) is 24.3 Å². The number of nitrogens with one attached hydrogen (secondary N) is 2. The summed E-state index contributed by atoms with van der Waals surface area (Å²) in [6.45, 7) is 3.07. The van der Waals surface area contributed by atoms with Crippen LogP contribution in [0.25, 0.3) is 11.3 Å². The van der Waals surface area contributed by atoms with E-state index < -0.39 is 41.3 Å². The Labute approximate surface area is 240 Å². The van der Waals surface area contributed by atoms with Gasteiger partial charge in [0, 0.05) is 6.20 Å². The Bertz CT molecular complexity index is 1660. The Kier molecular flexibility index (Phi) is 7.91. The number of nitrogens with zero attached hydrogens (tertiary/aromatic N) is 5. The third-order valence-electron chi connectivity index (χ3n) is 7.05. The number of pyridine rings is 1. The molecule has 0 spiro atoms. The molecule has 1 aliphatic rings. The minimum absolute atomic E-state index is 0.221. The minimum Gasteiger partial charge on any atom is -0.453 e. The van der Waals surface area contributed by atoms with E-state index in [1.54, 1.807) is 44.3 Å². The third-order valence-corrected chi connectivity index (χ3v) is 7.05. The summed E-state index contributed by atoms with van der Waals surface area (Å²) in [5.41, 5.74) is 0.505. The maximum Gasteiger partial charge on any atom is 0.412 e. The number of ether oxygens (including phenoxy) is 1. The number of hydrogen-bond acceptors (Lipinski definition) is 10. The van der Waals surface area contributed by atoms with E-state index >= 15 is 0 Å². The summed E-state index contributed by atoms with van der Waals surface area (Å²) >= 11 is 0. The fourth-order valence-corrected chi connectivity index (χ4v) is 4.61. The molecule has 3 aromatic heterocycles. The monoisotopic (exact) mass is 571 g/mol. The molecule has 0 unspecified atom stereocenters. The summed E-state index contributed by atoms with van der Waals surface area (Å²) in [7, 11) is 1.15. The maximum absolute atomic E-state index is 13.5. The van der Waals surface area contributed by atoms with E-state index in [2.05, 4.69) is 35.5 Å². The highest BCUT2D eigenvalue weighted by Crippen LogP contribution is 2.52. The first-order valence-corrected chi connectivity index (χ1v) is 13.3. The second-order valence-corrected chi connectivity index (χ2v) is 10.2. The number of hydrogen-bond donors (Lipinski definition) is 2. The molecule has 1 atom stereocenters. The third kappa shape index (κ3) is 5.66. The molecule has 1 aromatic carbocycles. The summed E-state index contributed by atoms with van der Waals surface area (Å²) in [5, 5.41) is 13.1. The van der Waals surface area contributed by atoms with Gasteiger partial charge in [-0.15, -0.1) is 10.2 Å². The molecule has 4 aromatic rings. The Morgan fingerprint density at radius 2 is 1.79 bits per heavy atom. The lowest BCUT2D eigenvalue weighted by Gasteiger charge is -2.21. The van der Waals surface area contributed by atoms with Gasteiger partial charge in [0.25, 0.3) is 11.4 Å². The quantitative estimate of drug-likeness (QED) is 0.270. The smallest absolute Gasteiger partial charge is 0.412 e. The van der Waals surface area contributed by atoms with E-state index in [1.165, 1.54) is 10.8 Å². The van der Waals surface area contributed by atoms with Gasteiger partial charge in [-0.2, -0.15) is 0 Å². The fraction of sp³-hybridized carbons (Fsp3) is 0.310. The topological polar surface area (TPSA) is 171 Å². The highest BCUT2D eigenvalue weighted by Gasteiger charge is 2.52. The van der Waals surface area contributed by atoms with Crippen molar-refractivity contribution in [2.24, 2.45) is 5.92 Å². The lowest BCUT2D eigenvalue weighted by molar-refractivity contribution is -0.122. The predicted molar refractivity (Wildman–Crippen MR) is 150 cm³/mol. The van der Waals surface area contributed by atoms with Crippen LogP contribution in [0.3, 0.4) is 0 Å². The van der Waals surface area contributed by atoms with Gasteiger partial charge in [-0.1, -0.05) is 50.2 Å². The minimum atomic E-state index is -1.01. The second-order valence-electron chi connectivity index (χ2n) is 10.2. The molecule has 1 saturated carbocycles. The molecule has 0 bridgehead atoms. The van der Waals surface area contributed by atoms with E-state index in [0.717, 1.165) is 25.6 Å². The van der Waals surface area contributed by atoms with Gasteiger partial charge < -0.3 is 14.5 Å². The van der Waals surface area contributed by atoms with Gasteiger partial charge in [0.2, 0.25) is 23.4 Å². The average Bonchev–Trinajstić information content (AvgIpc) is 3.66. The maximum atomic E-state index is 13.5. The van der Waals surface area contributed by atoms with Crippen molar-refractivity contribution in [2.75, 3.05) is 12.4 Å². The number of carbonyl (C=O) groups excluding carboxylic acids is 3. The molecule has 0 aliphatic heterocycles. The van der Waals surface area contributed by atoms with Crippen molar-refractivity contribution < 1.29 is 23.5 Å².